The summed E-state index contributed by atoms with van der Waals surface area (Å²) in [6.07, 6.45) is 0. The molecule has 0 aliphatic heterocycles. The zero-order valence-electron chi connectivity index (χ0n) is 16.0. The maximum atomic E-state index is 12.5. The van der Waals surface area contributed by atoms with Crippen molar-refractivity contribution in [2.24, 2.45) is 0 Å². The molecular formula is C22H23NO3S. The second kappa shape index (κ2) is 8.27. The number of carbonyl (C=O) groups excluding carboxylic acids is 1. The summed E-state index contributed by atoms with van der Waals surface area (Å²) < 4.78 is 11.3. The van der Waals surface area contributed by atoms with Gasteiger partial charge in [-0.05, 0) is 67.1 Å². The van der Waals surface area contributed by atoms with E-state index in [2.05, 4.69) is 32.2 Å². The number of amides is 1. The number of benzene rings is 2. The lowest BCUT2D eigenvalue weighted by molar-refractivity contribution is 0.103. The Labute approximate surface area is 163 Å². The van der Waals surface area contributed by atoms with Crippen LogP contribution in [0.1, 0.15) is 31.9 Å². The highest BCUT2D eigenvalue weighted by Gasteiger charge is 2.13. The Balaban J connectivity index is 1.67. The van der Waals surface area contributed by atoms with Gasteiger partial charge in [0.2, 0.25) is 0 Å². The van der Waals surface area contributed by atoms with E-state index >= 15 is 0 Å². The van der Waals surface area contributed by atoms with Crippen LogP contribution in [0, 0.1) is 20.8 Å². The Hall–Kier alpha value is -2.79. The maximum absolute atomic E-state index is 12.5. The highest BCUT2D eigenvalue weighted by atomic mass is 32.1. The lowest BCUT2D eigenvalue weighted by Gasteiger charge is -2.11. The molecule has 0 spiro atoms. The van der Waals surface area contributed by atoms with E-state index in [9.17, 15) is 4.79 Å². The molecule has 0 unspecified atom stereocenters. The van der Waals surface area contributed by atoms with Crippen molar-refractivity contribution in [3.05, 3.63) is 75.0 Å². The number of nitrogens with one attached hydrogen (secondary N) is 1. The summed E-state index contributed by atoms with van der Waals surface area (Å²) in [5, 5.41) is 4.85. The molecule has 27 heavy (non-hydrogen) atoms. The quantitative estimate of drug-likeness (QED) is 0.612. The number of ether oxygens (including phenoxy) is 2. The average molecular weight is 381 g/mol. The van der Waals surface area contributed by atoms with E-state index in [1.165, 1.54) is 22.5 Å². The molecule has 1 amide bonds. The van der Waals surface area contributed by atoms with Crippen molar-refractivity contribution in [3.8, 4) is 11.5 Å². The molecule has 0 atom stereocenters. The monoisotopic (exact) mass is 381 g/mol. The van der Waals surface area contributed by atoms with Gasteiger partial charge in [0.05, 0.1) is 17.7 Å². The van der Waals surface area contributed by atoms with Gasteiger partial charge in [-0.1, -0.05) is 18.2 Å². The first-order valence-electron chi connectivity index (χ1n) is 8.70. The fraction of sp³-hybridized carbons (Fsp3) is 0.227. The SMILES string of the molecule is COc1ccccc1NC(=O)c1cc(COc2cc(C)cc(C)c2C)cs1. The minimum absolute atomic E-state index is 0.154. The highest BCUT2D eigenvalue weighted by molar-refractivity contribution is 7.12. The fourth-order valence-corrected chi connectivity index (χ4v) is 3.61. The largest absolute Gasteiger partial charge is 0.495 e. The molecule has 140 valence electrons. The smallest absolute Gasteiger partial charge is 0.265 e. The summed E-state index contributed by atoms with van der Waals surface area (Å²) in [6, 6.07) is 13.4. The molecule has 1 heterocycles. The van der Waals surface area contributed by atoms with Crippen molar-refractivity contribution in [2.75, 3.05) is 12.4 Å². The van der Waals surface area contributed by atoms with Crippen molar-refractivity contribution < 1.29 is 14.3 Å². The van der Waals surface area contributed by atoms with Crippen molar-refractivity contribution in [1.29, 1.82) is 0 Å². The van der Waals surface area contributed by atoms with E-state index in [0.717, 1.165) is 16.9 Å². The number of anilines is 1. The third kappa shape index (κ3) is 4.49. The summed E-state index contributed by atoms with van der Waals surface area (Å²) in [7, 11) is 1.58. The van der Waals surface area contributed by atoms with Crippen LogP contribution in [-0.2, 0) is 6.61 Å². The van der Waals surface area contributed by atoms with Gasteiger partial charge < -0.3 is 14.8 Å². The molecule has 4 nitrogen and oxygen atoms in total. The molecule has 0 saturated carbocycles. The summed E-state index contributed by atoms with van der Waals surface area (Å²) in [4.78, 5) is 13.2. The number of rotatable bonds is 6. The van der Waals surface area contributed by atoms with Crippen LogP contribution in [0.2, 0.25) is 0 Å². The maximum Gasteiger partial charge on any atom is 0.265 e. The highest BCUT2D eigenvalue weighted by Crippen LogP contribution is 2.27. The molecule has 0 aliphatic carbocycles. The Morgan fingerprint density at radius 1 is 1.07 bits per heavy atom. The van der Waals surface area contributed by atoms with Crippen molar-refractivity contribution in [2.45, 2.75) is 27.4 Å². The van der Waals surface area contributed by atoms with Crippen LogP contribution in [0.5, 0.6) is 11.5 Å². The van der Waals surface area contributed by atoms with Crippen molar-refractivity contribution in [1.82, 2.24) is 0 Å². The third-order valence-corrected chi connectivity index (χ3v) is 5.37. The minimum atomic E-state index is -0.154. The molecule has 1 N–H and O–H groups in total. The molecule has 3 aromatic rings. The van der Waals surface area contributed by atoms with Gasteiger partial charge in [0.1, 0.15) is 18.1 Å². The third-order valence-electron chi connectivity index (χ3n) is 4.39. The van der Waals surface area contributed by atoms with Gasteiger partial charge in [0, 0.05) is 5.56 Å². The van der Waals surface area contributed by atoms with Gasteiger partial charge in [-0.2, -0.15) is 0 Å². The molecule has 0 aliphatic rings. The average Bonchev–Trinajstić information content (AvgIpc) is 3.13. The first-order chi connectivity index (χ1) is 13.0. The number of thiophene rings is 1. The number of aryl methyl sites for hydroxylation is 2. The second-order valence-corrected chi connectivity index (χ2v) is 7.38. The Morgan fingerprint density at radius 3 is 2.63 bits per heavy atom. The molecule has 3 rings (SSSR count). The van der Waals surface area contributed by atoms with Crippen LogP contribution in [0.25, 0.3) is 0 Å². The second-order valence-electron chi connectivity index (χ2n) is 6.47. The minimum Gasteiger partial charge on any atom is -0.495 e. The Morgan fingerprint density at radius 2 is 1.85 bits per heavy atom. The predicted molar refractivity (Wildman–Crippen MR) is 110 cm³/mol. The number of para-hydroxylation sites is 2. The summed E-state index contributed by atoms with van der Waals surface area (Å²) in [5.74, 6) is 1.37. The molecule has 0 saturated heterocycles. The molecule has 0 bridgehead atoms. The van der Waals surface area contributed by atoms with Crippen LogP contribution in [0.3, 0.4) is 0 Å². The molecule has 1 aromatic heterocycles. The van der Waals surface area contributed by atoms with E-state index in [4.69, 9.17) is 9.47 Å². The topological polar surface area (TPSA) is 47.6 Å². The van der Waals surface area contributed by atoms with Crippen LogP contribution in [0.15, 0.2) is 47.8 Å². The zero-order valence-corrected chi connectivity index (χ0v) is 16.8. The van der Waals surface area contributed by atoms with Crippen LogP contribution >= 0.6 is 11.3 Å². The fourth-order valence-electron chi connectivity index (χ4n) is 2.81. The zero-order chi connectivity index (χ0) is 19.4. The summed E-state index contributed by atoms with van der Waals surface area (Å²) in [5.41, 5.74) is 5.17. The summed E-state index contributed by atoms with van der Waals surface area (Å²) in [6.45, 7) is 6.64. The van der Waals surface area contributed by atoms with Crippen LogP contribution < -0.4 is 14.8 Å². The molecule has 0 radical (unpaired) electrons. The summed E-state index contributed by atoms with van der Waals surface area (Å²) >= 11 is 1.40. The number of methoxy groups -OCH3 is 1. The van der Waals surface area contributed by atoms with E-state index in [0.29, 0.717) is 22.9 Å². The first-order valence-corrected chi connectivity index (χ1v) is 9.58. The molecule has 5 heteroatoms. The lowest BCUT2D eigenvalue weighted by atomic mass is 10.1. The number of carbonyl (C=O) groups is 1. The van der Waals surface area contributed by atoms with Gasteiger partial charge in [0.25, 0.3) is 5.91 Å². The van der Waals surface area contributed by atoms with Gasteiger partial charge in [-0.3, -0.25) is 4.79 Å². The van der Waals surface area contributed by atoms with Gasteiger partial charge in [-0.25, -0.2) is 0 Å². The first kappa shape index (κ1) is 19.0. The molecule has 2 aromatic carbocycles. The Kier molecular flexibility index (Phi) is 5.81. The van der Waals surface area contributed by atoms with E-state index in [-0.39, 0.29) is 5.91 Å². The van der Waals surface area contributed by atoms with Crippen LogP contribution in [0.4, 0.5) is 5.69 Å². The van der Waals surface area contributed by atoms with E-state index in [1.54, 1.807) is 7.11 Å². The van der Waals surface area contributed by atoms with Gasteiger partial charge in [-0.15, -0.1) is 11.3 Å². The predicted octanol–water partition coefficient (Wildman–Crippen LogP) is 5.51. The lowest BCUT2D eigenvalue weighted by Crippen LogP contribution is -2.11. The number of hydrogen-bond donors (Lipinski definition) is 1. The Bertz CT molecular complexity index is 962. The standard InChI is InChI=1S/C22H23NO3S/c1-14-9-15(2)16(3)20(10-14)26-12-17-11-21(27-13-17)22(24)23-18-7-5-6-8-19(18)25-4/h5-11,13H,12H2,1-4H3,(H,23,24). The van der Waals surface area contributed by atoms with Gasteiger partial charge >= 0.3 is 0 Å². The van der Waals surface area contributed by atoms with Gasteiger partial charge in [0.15, 0.2) is 0 Å². The van der Waals surface area contributed by atoms with Crippen LogP contribution in [-0.4, -0.2) is 13.0 Å². The molecular weight excluding hydrogens is 358 g/mol. The van der Waals surface area contributed by atoms with Crippen molar-refractivity contribution in [3.63, 3.8) is 0 Å². The van der Waals surface area contributed by atoms with E-state index in [1.807, 2.05) is 41.8 Å². The van der Waals surface area contributed by atoms with Crippen molar-refractivity contribution >= 4 is 22.9 Å². The molecule has 0 fully saturated rings. The normalized spacial score (nSPS) is 10.5. The van der Waals surface area contributed by atoms with E-state index < -0.39 is 0 Å². The number of hydrogen-bond acceptors (Lipinski definition) is 4.